The van der Waals surface area contributed by atoms with Crippen LogP contribution in [0.4, 0.5) is 4.39 Å². The van der Waals surface area contributed by atoms with Crippen LogP contribution in [0, 0.1) is 12.7 Å². The second kappa shape index (κ2) is 11.8. The fourth-order valence-electron chi connectivity index (χ4n) is 2.51. The maximum atomic E-state index is 13.8. The lowest BCUT2D eigenvalue weighted by molar-refractivity contribution is 0.206. The highest BCUT2D eigenvalue weighted by Crippen LogP contribution is 2.18. The maximum Gasteiger partial charge on any atom is 0.191 e. The number of hydrogen-bond acceptors (Lipinski definition) is 5. The van der Waals surface area contributed by atoms with Gasteiger partial charge >= 0.3 is 0 Å². The van der Waals surface area contributed by atoms with Crippen molar-refractivity contribution in [3.63, 3.8) is 0 Å². The fraction of sp³-hybridized carbons (Fsp3) is 0.421. The van der Waals surface area contributed by atoms with Gasteiger partial charge in [0.1, 0.15) is 10.0 Å². The van der Waals surface area contributed by atoms with Crippen molar-refractivity contribution < 1.29 is 17.9 Å². The number of aliphatic hydroxyl groups excluding tert-OH is 1. The van der Waals surface area contributed by atoms with Crippen LogP contribution in [-0.2, 0) is 9.84 Å². The maximum absolute atomic E-state index is 13.8. The van der Waals surface area contributed by atoms with Gasteiger partial charge in [0.25, 0.3) is 0 Å². The molecule has 3 N–H and O–H groups in total. The predicted molar refractivity (Wildman–Crippen MR) is 126 cm³/mol. The van der Waals surface area contributed by atoms with Crippen molar-refractivity contribution in [2.24, 2.45) is 4.99 Å². The number of nitrogens with one attached hydrogen (secondary N) is 2. The lowest BCUT2D eigenvalue weighted by atomic mass is 10.1. The third kappa shape index (κ3) is 7.83. The van der Waals surface area contributed by atoms with Crippen molar-refractivity contribution in [1.29, 1.82) is 0 Å². The van der Waals surface area contributed by atoms with Gasteiger partial charge in [0.05, 0.1) is 24.4 Å². The van der Waals surface area contributed by atoms with Crippen LogP contribution in [0.3, 0.4) is 0 Å². The molecule has 2 atom stereocenters. The van der Waals surface area contributed by atoms with Crippen molar-refractivity contribution in [3.8, 4) is 0 Å². The van der Waals surface area contributed by atoms with Crippen molar-refractivity contribution in [1.82, 2.24) is 10.6 Å². The molecule has 162 valence electrons. The standard InChI is InChI=1S/C19H26FN3O3S2.HI/c1-4-21-19(23-14(3)15-8-7-13(2)17(20)10-15)22-11-16(24)12-28(25,26)18-6-5-9-27-18;/h5-10,14,16,24H,4,11-12H2,1-3H3,(H2,21,22,23);1H. The molecule has 2 unspecified atom stereocenters. The number of hydrogen-bond donors (Lipinski definition) is 3. The summed E-state index contributed by atoms with van der Waals surface area (Å²) in [5, 5.41) is 18.0. The van der Waals surface area contributed by atoms with E-state index in [4.69, 9.17) is 0 Å². The summed E-state index contributed by atoms with van der Waals surface area (Å²) in [4.78, 5) is 4.27. The molecule has 0 amide bonds. The second-order valence-corrected chi connectivity index (χ2v) is 9.67. The first-order chi connectivity index (χ1) is 13.2. The number of aliphatic hydroxyl groups is 1. The number of benzene rings is 1. The zero-order chi connectivity index (χ0) is 20.7. The summed E-state index contributed by atoms with van der Waals surface area (Å²) in [6, 6.07) is 7.97. The molecular weight excluding hydrogens is 528 g/mol. The summed E-state index contributed by atoms with van der Waals surface area (Å²) < 4.78 is 38.5. The Morgan fingerprint density at radius 2 is 2.07 bits per heavy atom. The van der Waals surface area contributed by atoms with E-state index in [1.807, 2.05) is 19.9 Å². The lowest BCUT2D eigenvalue weighted by Gasteiger charge is -2.19. The van der Waals surface area contributed by atoms with E-state index in [2.05, 4.69) is 15.6 Å². The number of thiophene rings is 1. The molecule has 1 aromatic carbocycles. The number of rotatable bonds is 8. The van der Waals surface area contributed by atoms with Crippen molar-refractivity contribution in [3.05, 3.63) is 52.7 Å². The van der Waals surface area contributed by atoms with Gasteiger partial charge in [-0.1, -0.05) is 18.2 Å². The first-order valence-corrected chi connectivity index (χ1v) is 11.5. The number of aryl methyl sites for hydroxylation is 1. The van der Waals surface area contributed by atoms with Crippen LogP contribution in [0.25, 0.3) is 0 Å². The van der Waals surface area contributed by atoms with Gasteiger partial charge < -0.3 is 15.7 Å². The highest BCUT2D eigenvalue weighted by molar-refractivity contribution is 14.0. The Hall–Kier alpha value is -1.24. The van der Waals surface area contributed by atoms with Crippen molar-refractivity contribution >= 4 is 51.1 Å². The molecule has 0 spiro atoms. The molecule has 2 rings (SSSR count). The monoisotopic (exact) mass is 555 g/mol. The molecule has 29 heavy (non-hydrogen) atoms. The minimum absolute atomic E-state index is 0. The molecule has 1 aromatic heterocycles. The number of aliphatic imine (C=N–C) groups is 1. The molecular formula is C19H27FIN3O3S2. The molecule has 0 aliphatic rings. The average molecular weight is 555 g/mol. The first-order valence-electron chi connectivity index (χ1n) is 8.98. The van der Waals surface area contributed by atoms with Gasteiger partial charge in [0, 0.05) is 6.54 Å². The Labute approximate surface area is 192 Å². The molecule has 0 bridgehead atoms. The summed E-state index contributed by atoms with van der Waals surface area (Å²) in [5.74, 6) is -0.249. The Morgan fingerprint density at radius 3 is 2.66 bits per heavy atom. The van der Waals surface area contributed by atoms with Gasteiger partial charge in [-0.3, -0.25) is 4.99 Å². The van der Waals surface area contributed by atoms with E-state index >= 15 is 0 Å². The molecule has 0 radical (unpaired) electrons. The van der Waals surface area contributed by atoms with E-state index in [0.29, 0.717) is 18.1 Å². The van der Waals surface area contributed by atoms with Gasteiger partial charge in [-0.2, -0.15) is 0 Å². The van der Waals surface area contributed by atoms with Crippen LogP contribution in [0.1, 0.15) is 31.0 Å². The predicted octanol–water partition coefficient (Wildman–Crippen LogP) is 3.26. The molecule has 0 saturated heterocycles. The number of nitrogens with zero attached hydrogens (tertiary/aromatic N) is 1. The summed E-state index contributed by atoms with van der Waals surface area (Å²) in [6.07, 6.45) is -1.13. The highest BCUT2D eigenvalue weighted by Gasteiger charge is 2.20. The van der Waals surface area contributed by atoms with Gasteiger partial charge in [-0.15, -0.1) is 35.3 Å². The van der Waals surface area contributed by atoms with Crippen LogP contribution in [-0.4, -0.2) is 44.4 Å². The van der Waals surface area contributed by atoms with Crippen LogP contribution in [0.2, 0.25) is 0 Å². The lowest BCUT2D eigenvalue weighted by Crippen LogP contribution is -2.39. The van der Waals surface area contributed by atoms with Crippen LogP contribution in [0.5, 0.6) is 0 Å². The zero-order valence-electron chi connectivity index (χ0n) is 16.6. The van der Waals surface area contributed by atoms with E-state index in [1.165, 1.54) is 12.1 Å². The van der Waals surface area contributed by atoms with E-state index < -0.39 is 21.7 Å². The minimum atomic E-state index is -3.53. The topological polar surface area (TPSA) is 90.8 Å². The van der Waals surface area contributed by atoms with E-state index in [0.717, 1.165) is 16.9 Å². The quantitative estimate of drug-likeness (QED) is 0.264. The minimum Gasteiger partial charge on any atom is -0.390 e. The van der Waals surface area contributed by atoms with Gasteiger partial charge in [-0.25, -0.2) is 12.8 Å². The number of guanidine groups is 1. The SMILES string of the molecule is CCNC(=NCC(O)CS(=O)(=O)c1cccs1)NC(C)c1ccc(C)c(F)c1.I. The van der Waals surface area contributed by atoms with E-state index in [9.17, 15) is 17.9 Å². The number of sulfone groups is 1. The van der Waals surface area contributed by atoms with E-state index in [-0.39, 0.29) is 46.6 Å². The summed E-state index contributed by atoms with van der Waals surface area (Å²) in [7, 11) is -3.53. The molecule has 0 aliphatic carbocycles. The Kier molecular flexibility index (Phi) is 10.5. The van der Waals surface area contributed by atoms with Crippen molar-refractivity contribution in [2.45, 2.75) is 37.1 Å². The summed E-state index contributed by atoms with van der Waals surface area (Å²) in [6.45, 7) is 5.98. The van der Waals surface area contributed by atoms with Crippen LogP contribution < -0.4 is 10.6 Å². The molecule has 2 aromatic rings. The molecule has 0 aliphatic heterocycles. The van der Waals surface area contributed by atoms with E-state index in [1.54, 1.807) is 24.4 Å². The molecule has 0 fully saturated rings. The zero-order valence-corrected chi connectivity index (χ0v) is 20.5. The third-order valence-corrected chi connectivity index (χ3v) is 7.35. The van der Waals surface area contributed by atoms with Crippen LogP contribution >= 0.6 is 35.3 Å². The van der Waals surface area contributed by atoms with Gasteiger partial charge in [0.2, 0.25) is 0 Å². The van der Waals surface area contributed by atoms with Crippen molar-refractivity contribution in [2.75, 3.05) is 18.8 Å². The normalized spacial score (nSPS) is 14.0. The Bertz CT molecular complexity index is 905. The molecule has 6 nitrogen and oxygen atoms in total. The summed E-state index contributed by atoms with van der Waals surface area (Å²) >= 11 is 1.12. The fourth-order valence-corrected chi connectivity index (χ4v) is 4.98. The smallest absolute Gasteiger partial charge is 0.191 e. The summed E-state index contributed by atoms with van der Waals surface area (Å²) in [5.41, 5.74) is 1.33. The molecule has 0 saturated carbocycles. The van der Waals surface area contributed by atoms with Gasteiger partial charge in [0.15, 0.2) is 15.8 Å². The first kappa shape index (κ1) is 25.8. The molecule has 1 heterocycles. The largest absolute Gasteiger partial charge is 0.390 e. The Balaban J connectivity index is 0.00000420. The second-order valence-electron chi connectivity index (χ2n) is 6.46. The van der Waals surface area contributed by atoms with Gasteiger partial charge in [-0.05, 0) is 49.4 Å². The third-order valence-electron chi connectivity index (χ3n) is 4.07. The number of halogens is 2. The molecule has 10 heteroatoms. The van der Waals surface area contributed by atoms with Crippen LogP contribution in [0.15, 0.2) is 44.9 Å². The highest BCUT2D eigenvalue weighted by atomic mass is 127. The Morgan fingerprint density at radius 1 is 1.34 bits per heavy atom. The average Bonchev–Trinajstić information content (AvgIpc) is 3.17.